The second-order valence-electron chi connectivity index (χ2n) is 3.34. The van der Waals surface area contributed by atoms with Gasteiger partial charge in [-0.15, -0.1) is 0 Å². The van der Waals surface area contributed by atoms with Gasteiger partial charge in [0.1, 0.15) is 0 Å². The minimum Gasteiger partial charge on any atom is -0.315 e. The minimum absolute atomic E-state index is 0.475. The van der Waals surface area contributed by atoms with Crippen LogP contribution in [0, 0.1) is 0 Å². The SMILES string of the molecule is CCNCC(C)NCc1ccnnc1. The molecule has 0 amide bonds. The van der Waals surface area contributed by atoms with E-state index in [4.69, 9.17) is 0 Å². The summed E-state index contributed by atoms with van der Waals surface area (Å²) in [6, 6.07) is 2.45. The first-order valence-corrected chi connectivity index (χ1v) is 5.02. The standard InChI is InChI=1S/C10H18N4/c1-3-11-6-9(2)12-7-10-4-5-13-14-8-10/h4-5,8-9,11-12H,3,6-7H2,1-2H3. The van der Waals surface area contributed by atoms with Crippen molar-refractivity contribution in [3.63, 3.8) is 0 Å². The summed E-state index contributed by atoms with van der Waals surface area (Å²) < 4.78 is 0. The maximum atomic E-state index is 3.82. The van der Waals surface area contributed by atoms with E-state index >= 15 is 0 Å². The van der Waals surface area contributed by atoms with E-state index in [1.807, 2.05) is 6.07 Å². The second-order valence-corrected chi connectivity index (χ2v) is 3.34. The van der Waals surface area contributed by atoms with Crippen molar-refractivity contribution in [3.05, 3.63) is 24.0 Å². The van der Waals surface area contributed by atoms with Gasteiger partial charge in [0.05, 0.1) is 6.20 Å². The van der Waals surface area contributed by atoms with E-state index in [1.165, 1.54) is 5.56 Å². The highest BCUT2D eigenvalue weighted by Crippen LogP contribution is 1.93. The number of hydrogen-bond donors (Lipinski definition) is 2. The molecule has 1 unspecified atom stereocenters. The maximum Gasteiger partial charge on any atom is 0.0541 e. The quantitative estimate of drug-likeness (QED) is 0.695. The lowest BCUT2D eigenvalue weighted by Crippen LogP contribution is -2.35. The Morgan fingerprint density at radius 3 is 2.93 bits per heavy atom. The van der Waals surface area contributed by atoms with Crippen molar-refractivity contribution in [3.8, 4) is 0 Å². The summed E-state index contributed by atoms with van der Waals surface area (Å²) in [5, 5.41) is 14.2. The van der Waals surface area contributed by atoms with E-state index in [0.29, 0.717) is 6.04 Å². The molecular weight excluding hydrogens is 176 g/mol. The van der Waals surface area contributed by atoms with Gasteiger partial charge in [-0.05, 0) is 25.1 Å². The molecule has 4 heteroatoms. The van der Waals surface area contributed by atoms with Crippen LogP contribution in [0.15, 0.2) is 18.5 Å². The fourth-order valence-electron chi connectivity index (χ4n) is 1.15. The molecule has 2 N–H and O–H groups in total. The molecule has 0 fully saturated rings. The zero-order chi connectivity index (χ0) is 10.2. The molecule has 1 aromatic rings. The predicted octanol–water partition coefficient (Wildman–Crippen LogP) is 0.564. The zero-order valence-electron chi connectivity index (χ0n) is 8.83. The van der Waals surface area contributed by atoms with Crippen LogP contribution in [-0.4, -0.2) is 29.3 Å². The van der Waals surface area contributed by atoms with Gasteiger partial charge in [-0.25, -0.2) is 0 Å². The summed E-state index contributed by atoms with van der Waals surface area (Å²) in [6.45, 7) is 7.14. The third kappa shape index (κ3) is 4.30. The number of nitrogens with zero attached hydrogens (tertiary/aromatic N) is 2. The normalized spacial score (nSPS) is 12.7. The van der Waals surface area contributed by atoms with Crippen molar-refractivity contribution in [1.29, 1.82) is 0 Å². The number of rotatable bonds is 6. The highest BCUT2D eigenvalue weighted by atomic mass is 15.1. The fraction of sp³-hybridized carbons (Fsp3) is 0.600. The van der Waals surface area contributed by atoms with Gasteiger partial charge >= 0.3 is 0 Å². The van der Waals surface area contributed by atoms with Crippen LogP contribution in [0.2, 0.25) is 0 Å². The molecule has 0 aliphatic heterocycles. The van der Waals surface area contributed by atoms with E-state index in [1.54, 1.807) is 12.4 Å². The Balaban J connectivity index is 2.20. The summed E-state index contributed by atoms with van der Waals surface area (Å²) in [5.74, 6) is 0. The Hall–Kier alpha value is -1.00. The van der Waals surface area contributed by atoms with Gasteiger partial charge in [0.15, 0.2) is 0 Å². The number of likely N-dealkylation sites (N-methyl/N-ethyl adjacent to an activating group) is 1. The van der Waals surface area contributed by atoms with Crippen LogP contribution in [0.5, 0.6) is 0 Å². The Morgan fingerprint density at radius 2 is 2.29 bits per heavy atom. The van der Waals surface area contributed by atoms with E-state index in [0.717, 1.165) is 19.6 Å². The second kappa shape index (κ2) is 6.45. The number of nitrogens with one attached hydrogen (secondary N) is 2. The summed E-state index contributed by atoms with van der Waals surface area (Å²) in [7, 11) is 0. The lowest BCUT2D eigenvalue weighted by molar-refractivity contribution is 0.508. The molecule has 1 atom stereocenters. The summed E-state index contributed by atoms with van der Waals surface area (Å²) >= 11 is 0. The van der Waals surface area contributed by atoms with E-state index in [9.17, 15) is 0 Å². The smallest absolute Gasteiger partial charge is 0.0541 e. The Morgan fingerprint density at radius 1 is 1.43 bits per heavy atom. The molecule has 0 saturated heterocycles. The van der Waals surface area contributed by atoms with E-state index < -0.39 is 0 Å². The van der Waals surface area contributed by atoms with Crippen LogP contribution < -0.4 is 10.6 Å². The summed E-state index contributed by atoms with van der Waals surface area (Å²) in [6.07, 6.45) is 3.50. The molecule has 14 heavy (non-hydrogen) atoms. The van der Waals surface area contributed by atoms with Crippen LogP contribution in [0.1, 0.15) is 19.4 Å². The highest BCUT2D eigenvalue weighted by Gasteiger charge is 1.99. The van der Waals surface area contributed by atoms with Crippen LogP contribution in [-0.2, 0) is 6.54 Å². The van der Waals surface area contributed by atoms with Gasteiger partial charge in [-0.1, -0.05) is 6.92 Å². The summed E-state index contributed by atoms with van der Waals surface area (Å²) in [5.41, 5.74) is 1.17. The molecule has 1 rings (SSSR count). The first-order valence-electron chi connectivity index (χ1n) is 5.02. The van der Waals surface area contributed by atoms with Gasteiger partial charge in [0, 0.05) is 25.3 Å². The topological polar surface area (TPSA) is 49.8 Å². The zero-order valence-corrected chi connectivity index (χ0v) is 8.83. The molecular formula is C10H18N4. The molecule has 0 aliphatic rings. The van der Waals surface area contributed by atoms with Crippen LogP contribution in [0.4, 0.5) is 0 Å². The molecule has 0 aliphatic carbocycles. The lowest BCUT2D eigenvalue weighted by Gasteiger charge is -2.13. The van der Waals surface area contributed by atoms with Crippen LogP contribution in [0.3, 0.4) is 0 Å². The average Bonchev–Trinajstić information content (AvgIpc) is 2.25. The summed E-state index contributed by atoms with van der Waals surface area (Å²) in [4.78, 5) is 0. The Bertz CT molecular complexity index is 237. The first-order chi connectivity index (χ1) is 6.83. The fourth-order valence-corrected chi connectivity index (χ4v) is 1.15. The van der Waals surface area contributed by atoms with Crippen molar-refractivity contribution < 1.29 is 0 Å². The lowest BCUT2D eigenvalue weighted by atomic mass is 10.2. The molecule has 1 aromatic heterocycles. The third-order valence-electron chi connectivity index (χ3n) is 2.00. The van der Waals surface area contributed by atoms with E-state index in [2.05, 4.69) is 34.7 Å². The molecule has 0 spiro atoms. The Labute approximate surface area is 85.1 Å². The average molecular weight is 194 g/mol. The minimum atomic E-state index is 0.475. The highest BCUT2D eigenvalue weighted by molar-refractivity contribution is 5.04. The van der Waals surface area contributed by atoms with Gasteiger partial charge in [0.25, 0.3) is 0 Å². The first kappa shape index (κ1) is 11.1. The van der Waals surface area contributed by atoms with Gasteiger partial charge in [0.2, 0.25) is 0 Å². The van der Waals surface area contributed by atoms with Crippen molar-refractivity contribution in [2.24, 2.45) is 0 Å². The van der Waals surface area contributed by atoms with Gasteiger partial charge < -0.3 is 10.6 Å². The molecule has 0 bridgehead atoms. The molecule has 4 nitrogen and oxygen atoms in total. The van der Waals surface area contributed by atoms with E-state index in [-0.39, 0.29) is 0 Å². The molecule has 0 saturated carbocycles. The van der Waals surface area contributed by atoms with Crippen molar-refractivity contribution in [2.75, 3.05) is 13.1 Å². The predicted molar refractivity (Wildman–Crippen MR) is 56.9 cm³/mol. The largest absolute Gasteiger partial charge is 0.315 e. The van der Waals surface area contributed by atoms with Crippen LogP contribution >= 0.6 is 0 Å². The van der Waals surface area contributed by atoms with Gasteiger partial charge in [-0.3, -0.25) is 0 Å². The van der Waals surface area contributed by atoms with Crippen LogP contribution in [0.25, 0.3) is 0 Å². The Kier molecular flexibility index (Phi) is 5.11. The molecule has 78 valence electrons. The van der Waals surface area contributed by atoms with Crippen molar-refractivity contribution in [1.82, 2.24) is 20.8 Å². The van der Waals surface area contributed by atoms with Gasteiger partial charge in [-0.2, -0.15) is 10.2 Å². The number of aromatic nitrogens is 2. The third-order valence-corrected chi connectivity index (χ3v) is 2.00. The number of hydrogen-bond acceptors (Lipinski definition) is 4. The van der Waals surface area contributed by atoms with Crippen molar-refractivity contribution in [2.45, 2.75) is 26.4 Å². The molecule has 0 radical (unpaired) electrons. The molecule has 0 aromatic carbocycles. The molecule has 1 heterocycles. The maximum absolute atomic E-state index is 3.82. The monoisotopic (exact) mass is 194 g/mol. The van der Waals surface area contributed by atoms with Crippen molar-refractivity contribution >= 4 is 0 Å².